The molecule has 0 aliphatic rings. The van der Waals surface area contributed by atoms with Gasteiger partial charge in [-0.2, -0.15) is 0 Å². The van der Waals surface area contributed by atoms with Crippen LogP contribution in [0.4, 0.5) is 11.6 Å². The highest BCUT2D eigenvalue weighted by Crippen LogP contribution is 2.25. The first-order chi connectivity index (χ1) is 12.8. The highest BCUT2D eigenvalue weighted by atomic mass is 15.2. The van der Waals surface area contributed by atoms with Gasteiger partial charge < -0.3 is 10.6 Å². The average molecular weight is 340 g/mol. The molecule has 0 atom stereocenters. The minimum absolute atomic E-state index is 0.454. The average Bonchev–Trinajstić information content (AvgIpc) is 2.68. The second-order valence-corrected chi connectivity index (χ2v) is 6.25. The van der Waals surface area contributed by atoms with Crippen LogP contribution in [-0.4, -0.2) is 9.97 Å². The Bertz CT molecular complexity index is 959. The molecule has 0 spiro atoms. The van der Waals surface area contributed by atoms with Gasteiger partial charge in [-0.1, -0.05) is 72.8 Å². The van der Waals surface area contributed by atoms with Gasteiger partial charge in [0.15, 0.2) is 11.6 Å². The van der Waals surface area contributed by atoms with E-state index >= 15 is 0 Å². The number of hydrogen-bond donors (Lipinski definition) is 1. The lowest BCUT2D eigenvalue weighted by Crippen LogP contribution is -2.24. The molecule has 0 aliphatic carbocycles. The Morgan fingerprint density at radius 3 is 1.62 bits per heavy atom. The molecule has 128 valence electrons. The topological polar surface area (TPSA) is 55.0 Å². The summed E-state index contributed by atoms with van der Waals surface area (Å²) < 4.78 is 0. The summed E-state index contributed by atoms with van der Waals surface area (Å²) >= 11 is 0. The Kier molecular flexibility index (Phi) is 4.48. The van der Waals surface area contributed by atoms with Crippen molar-refractivity contribution in [3.05, 3.63) is 96.1 Å². The van der Waals surface area contributed by atoms with Gasteiger partial charge in [0.1, 0.15) is 0 Å². The van der Waals surface area contributed by atoms with Gasteiger partial charge in [-0.3, -0.25) is 0 Å². The van der Waals surface area contributed by atoms with Crippen LogP contribution in [0.15, 0.2) is 84.9 Å². The van der Waals surface area contributed by atoms with Crippen molar-refractivity contribution in [3.8, 4) is 0 Å². The number of anilines is 2. The van der Waals surface area contributed by atoms with Gasteiger partial charge in [-0.25, -0.2) is 9.97 Å². The molecule has 0 radical (unpaired) electrons. The van der Waals surface area contributed by atoms with E-state index in [0.29, 0.717) is 18.9 Å². The number of para-hydroxylation sites is 2. The number of nitrogens with zero attached hydrogens (tertiary/aromatic N) is 3. The molecule has 0 bridgehead atoms. The fourth-order valence-electron chi connectivity index (χ4n) is 3.05. The number of fused-ring (bicyclic) bond motifs is 1. The minimum atomic E-state index is 0.454. The van der Waals surface area contributed by atoms with E-state index < -0.39 is 0 Å². The molecule has 0 saturated carbocycles. The number of benzene rings is 3. The van der Waals surface area contributed by atoms with Crippen LogP contribution in [0.1, 0.15) is 11.1 Å². The number of nitrogens with two attached hydrogens (primary N) is 1. The summed E-state index contributed by atoms with van der Waals surface area (Å²) in [5.41, 5.74) is 10.4. The SMILES string of the molecule is Nc1nc2ccccc2nc1N(Cc1ccccc1)Cc1ccccc1. The summed E-state index contributed by atoms with van der Waals surface area (Å²) in [5, 5.41) is 0. The molecule has 1 aromatic heterocycles. The van der Waals surface area contributed by atoms with E-state index in [-0.39, 0.29) is 0 Å². The molecule has 4 nitrogen and oxygen atoms in total. The van der Waals surface area contributed by atoms with Crippen molar-refractivity contribution in [1.82, 2.24) is 9.97 Å². The van der Waals surface area contributed by atoms with E-state index in [0.717, 1.165) is 16.9 Å². The largest absolute Gasteiger partial charge is 0.381 e. The van der Waals surface area contributed by atoms with Crippen molar-refractivity contribution in [2.45, 2.75) is 13.1 Å². The fraction of sp³-hybridized carbons (Fsp3) is 0.0909. The molecule has 2 N–H and O–H groups in total. The lowest BCUT2D eigenvalue weighted by molar-refractivity contribution is 0.785. The van der Waals surface area contributed by atoms with Gasteiger partial charge in [0, 0.05) is 13.1 Å². The van der Waals surface area contributed by atoms with Gasteiger partial charge in [-0.15, -0.1) is 0 Å². The van der Waals surface area contributed by atoms with Crippen LogP contribution < -0.4 is 10.6 Å². The first-order valence-electron chi connectivity index (χ1n) is 8.64. The summed E-state index contributed by atoms with van der Waals surface area (Å²) in [4.78, 5) is 11.5. The Morgan fingerprint density at radius 2 is 1.08 bits per heavy atom. The Morgan fingerprint density at radius 1 is 0.615 bits per heavy atom. The quantitative estimate of drug-likeness (QED) is 0.584. The lowest BCUT2D eigenvalue weighted by atomic mass is 10.1. The minimum Gasteiger partial charge on any atom is -0.381 e. The summed E-state index contributed by atoms with van der Waals surface area (Å²) in [5.74, 6) is 1.17. The first-order valence-corrected chi connectivity index (χ1v) is 8.64. The molecule has 3 aromatic carbocycles. The highest BCUT2D eigenvalue weighted by Gasteiger charge is 2.15. The number of nitrogen functional groups attached to an aromatic ring is 1. The lowest BCUT2D eigenvalue weighted by Gasteiger charge is -2.25. The molecule has 0 unspecified atom stereocenters. The fourth-order valence-corrected chi connectivity index (χ4v) is 3.05. The summed E-state index contributed by atoms with van der Waals surface area (Å²) in [6.07, 6.45) is 0. The number of aromatic nitrogens is 2. The zero-order chi connectivity index (χ0) is 17.8. The van der Waals surface area contributed by atoms with Gasteiger partial charge in [0.25, 0.3) is 0 Å². The summed E-state index contributed by atoms with van der Waals surface area (Å²) in [7, 11) is 0. The van der Waals surface area contributed by atoms with E-state index in [4.69, 9.17) is 10.7 Å². The first kappa shape index (κ1) is 16.1. The van der Waals surface area contributed by atoms with Crippen LogP contribution in [0, 0.1) is 0 Å². The molecular formula is C22H20N4. The van der Waals surface area contributed by atoms with Gasteiger partial charge in [0.2, 0.25) is 0 Å². The van der Waals surface area contributed by atoms with Crippen LogP contribution in [0.5, 0.6) is 0 Å². The van der Waals surface area contributed by atoms with E-state index in [1.165, 1.54) is 11.1 Å². The van der Waals surface area contributed by atoms with Crippen LogP contribution in [-0.2, 0) is 13.1 Å². The molecular weight excluding hydrogens is 320 g/mol. The highest BCUT2D eigenvalue weighted by molar-refractivity contribution is 5.79. The number of hydrogen-bond acceptors (Lipinski definition) is 4. The summed E-state index contributed by atoms with van der Waals surface area (Å²) in [6.45, 7) is 1.43. The molecule has 0 saturated heterocycles. The zero-order valence-electron chi connectivity index (χ0n) is 14.4. The normalized spacial score (nSPS) is 10.8. The van der Waals surface area contributed by atoms with Crippen molar-refractivity contribution in [2.75, 3.05) is 10.6 Å². The number of rotatable bonds is 5. The van der Waals surface area contributed by atoms with Crippen LogP contribution in [0.25, 0.3) is 11.0 Å². The Labute approximate surface area is 152 Å². The van der Waals surface area contributed by atoms with Crippen molar-refractivity contribution >= 4 is 22.7 Å². The van der Waals surface area contributed by atoms with Gasteiger partial charge in [0.05, 0.1) is 11.0 Å². The monoisotopic (exact) mass is 340 g/mol. The van der Waals surface area contributed by atoms with Crippen molar-refractivity contribution < 1.29 is 0 Å². The maximum Gasteiger partial charge on any atom is 0.172 e. The summed E-state index contributed by atoms with van der Waals surface area (Å²) in [6, 6.07) is 28.5. The maximum absolute atomic E-state index is 6.28. The molecule has 26 heavy (non-hydrogen) atoms. The van der Waals surface area contributed by atoms with Gasteiger partial charge in [-0.05, 0) is 23.3 Å². The van der Waals surface area contributed by atoms with E-state index in [1.807, 2.05) is 60.7 Å². The zero-order valence-corrected chi connectivity index (χ0v) is 14.4. The second-order valence-electron chi connectivity index (χ2n) is 6.25. The molecule has 4 aromatic rings. The second kappa shape index (κ2) is 7.23. The molecule has 0 aliphatic heterocycles. The third-order valence-corrected chi connectivity index (χ3v) is 4.31. The predicted molar refractivity (Wildman–Crippen MR) is 107 cm³/mol. The third-order valence-electron chi connectivity index (χ3n) is 4.31. The van der Waals surface area contributed by atoms with Crippen molar-refractivity contribution in [1.29, 1.82) is 0 Å². The Hall–Kier alpha value is -3.40. The maximum atomic E-state index is 6.28. The molecule has 1 heterocycles. The standard InChI is InChI=1S/C22H20N4/c23-21-22(25-20-14-8-7-13-19(20)24-21)26(15-17-9-3-1-4-10-17)16-18-11-5-2-6-12-18/h1-14H,15-16H2,(H2,23,24). The smallest absolute Gasteiger partial charge is 0.172 e. The van der Waals surface area contributed by atoms with Crippen LogP contribution >= 0.6 is 0 Å². The van der Waals surface area contributed by atoms with E-state index in [2.05, 4.69) is 34.1 Å². The van der Waals surface area contributed by atoms with E-state index in [9.17, 15) is 0 Å². The van der Waals surface area contributed by atoms with E-state index in [1.54, 1.807) is 0 Å². The molecule has 0 amide bonds. The third kappa shape index (κ3) is 3.49. The molecule has 0 fully saturated rings. The van der Waals surface area contributed by atoms with Gasteiger partial charge >= 0.3 is 0 Å². The predicted octanol–water partition coefficient (Wildman–Crippen LogP) is 4.42. The Balaban J connectivity index is 1.75. The van der Waals surface area contributed by atoms with Crippen molar-refractivity contribution in [3.63, 3.8) is 0 Å². The van der Waals surface area contributed by atoms with Crippen molar-refractivity contribution in [2.24, 2.45) is 0 Å². The molecule has 4 heteroatoms. The van der Waals surface area contributed by atoms with Crippen LogP contribution in [0.2, 0.25) is 0 Å². The van der Waals surface area contributed by atoms with Crippen LogP contribution in [0.3, 0.4) is 0 Å². The molecule has 4 rings (SSSR count).